The molecule has 0 radical (unpaired) electrons. The Hall–Kier alpha value is -7.69. The molecule has 5 aliphatic rings. The Balaban J connectivity index is 1.06. The Morgan fingerprint density at radius 3 is 0.938 bits per heavy atom. The summed E-state index contributed by atoms with van der Waals surface area (Å²) in [6.07, 6.45) is 0. The third kappa shape index (κ3) is 7.43. The summed E-state index contributed by atoms with van der Waals surface area (Å²) in [4.78, 5) is 10.8. The third-order valence-electron chi connectivity index (χ3n) is 18.1. The van der Waals surface area contributed by atoms with Crippen molar-refractivity contribution in [3.8, 4) is 20.0 Å². The number of para-hydroxylation sites is 2. The van der Waals surface area contributed by atoms with Crippen molar-refractivity contribution in [1.29, 1.82) is 0 Å². The summed E-state index contributed by atoms with van der Waals surface area (Å²) in [6, 6.07) is 75.6. The van der Waals surface area contributed by atoms with E-state index in [1.807, 2.05) is 0 Å². The number of hydrogen-bond donors (Lipinski definition) is 0. The fourth-order valence-corrected chi connectivity index (χ4v) is 16.6. The number of rotatable bonds is 4. The molecule has 9 aromatic carbocycles. The Morgan fingerprint density at radius 2 is 0.593 bits per heavy atom. The summed E-state index contributed by atoms with van der Waals surface area (Å²) in [6.45, 7) is 28.2. The van der Waals surface area contributed by atoms with Crippen LogP contribution in [0.3, 0.4) is 0 Å². The van der Waals surface area contributed by atoms with Crippen LogP contribution in [0.25, 0.3) is 20.0 Å². The van der Waals surface area contributed by atoms with Crippen LogP contribution in [-0.2, 0) is 21.7 Å². The monoisotopic (exact) mass is 1110 g/mol. The Morgan fingerprint density at radius 1 is 0.284 bits per heavy atom. The number of fused-ring (bicyclic) bond motifs is 11. The molecule has 0 saturated heterocycles. The van der Waals surface area contributed by atoms with Gasteiger partial charge in [-0.05, 0) is 0 Å². The zero-order chi connectivity index (χ0) is 55.8. The molecule has 0 fully saturated rings. The molecule has 5 aliphatic heterocycles. The molecular formula is C74H68B2N4Se. The van der Waals surface area contributed by atoms with Gasteiger partial charge in [0.25, 0.3) is 0 Å². The van der Waals surface area contributed by atoms with Gasteiger partial charge in [0.05, 0.1) is 0 Å². The van der Waals surface area contributed by atoms with E-state index >= 15 is 0 Å². The first kappa shape index (κ1) is 50.3. The maximum absolute atomic E-state index is 2.77. The van der Waals surface area contributed by atoms with Crippen molar-refractivity contribution in [2.75, 3.05) is 19.6 Å². The van der Waals surface area contributed by atoms with Crippen molar-refractivity contribution in [3.63, 3.8) is 0 Å². The van der Waals surface area contributed by atoms with Gasteiger partial charge in [0.1, 0.15) is 0 Å². The molecule has 81 heavy (non-hydrogen) atoms. The van der Waals surface area contributed by atoms with Gasteiger partial charge in [-0.15, -0.1) is 0 Å². The van der Waals surface area contributed by atoms with E-state index in [9.17, 15) is 0 Å². The second-order valence-electron chi connectivity index (χ2n) is 27.4. The minimum absolute atomic E-state index is 0.0179. The Labute approximate surface area is 486 Å². The third-order valence-corrected chi connectivity index (χ3v) is 20.8. The average molecular weight is 1110 g/mol. The first-order valence-electron chi connectivity index (χ1n) is 29.2. The number of benzene rings is 9. The van der Waals surface area contributed by atoms with Gasteiger partial charge in [0.15, 0.2) is 0 Å². The van der Waals surface area contributed by atoms with Crippen LogP contribution in [0.1, 0.15) is 105 Å². The second kappa shape index (κ2) is 17.4. The van der Waals surface area contributed by atoms with Crippen molar-refractivity contribution in [2.24, 2.45) is 0 Å². The normalized spacial score (nSPS) is 14.5. The molecule has 10 aromatic rings. The van der Waals surface area contributed by atoms with E-state index < -0.39 is 0 Å². The molecule has 4 nitrogen and oxygen atoms in total. The van der Waals surface area contributed by atoms with Gasteiger partial charge < -0.3 is 0 Å². The van der Waals surface area contributed by atoms with E-state index in [-0.39, 0.29) is 49.6 Å². The molecule has 1 aromatic heterocycles. The van der Waals surface area contributed by atoms with Crippen LogP contribution < -0.4 is 52.4 Å². The second-order valence-corrected chi connectivity index (χ2v) is 29.6. The molecule has 6 heterocycles. The number of hydrogen-bond acceptors (Lipinski definition) is 4. The fraction of sp³-hybridized carbons (Fsp3) is 0.216. The molecule has 0 bridgehead atoms. The molecule has 0 spiro atoms. The molecule has 0 unspecified atom stereocenters. The van der Waals surface area contributed by atoms with Gasteiger partial charge in [-0.25, -0.2) is 0 Å². The summed E-state index contributed by atoms with van der Waals surface area (Å²) in [7, 11) is 0. The zero-order valence-electron chi connectivity index (χ0n) is 48.8. The van der Waals surface area contributed by atoms with Gasteiger partial charge in [-0.2, -0.15) is 0 Å². The summed E-state index contributed by atoms with van der Waals surface area (Å²) in [5, 5.41) is 0. The molecule has 7 heteroatoms. The molecule has 396 valence electrons. The zero-order valence-corrected chi connectivity index (χ0v) is 50.5. The summed E-state index contributed by atoms with van der Waals surface area (Å²) in [5.74, 6) is 0. The van der Waals surface area contributed by atoms with Gasteiger partial charge in [-0.1, -0.05) is 0 Å². The molecule has 0 saturated carbocycles. The standard InChI is InChI=1S/C74H68B2N4Se/c1-71(2,3)47-39-48(72(4,5)6)42-51(41-47)77-57-31-21-19-29-53(57)75-55-37-38-56-66-65(55)79(61-35-23-33-59(77)63(61)75)67-68(70(46-27-17-14-18-28-46)81-69(67)45-25-15-13-16-26-45)80(66)62-36-24-34-60-64(62)76(56)54-30-20-22-32-58(54)78(60)52-43-49(73(7,8)9)40-50(44-52)74(10,11)12/h13-44H,1-12H3. The van der Waals surface area contributed by atoms with E-state index in [1.165, 1.54) is 143 Å². The van der Waals surface area contributed by atoms with E-state index in [1.54, 1.807) is 0 Å². The first-order valence-corrected chi connectivity index (χ1v) is 30.9. The van der Waals surface area contributed by atoms with E-state index in [0.29, 0.717) is 0 Å². The predicted octanol–water partition coefficient (Wildman–Crippen LogP) is 15.7. The summed E-state index contributed by atoms with van der Waals surface area (Å²) < 4.78 is 2.81. The molecule has 0 amide bonds. The quantitative estimate of drug-likeness (QED) is 0.163. The summed E-state index contributed by atoms with van der Waals surface area (Å²) >= 11 is -0.0715. The van der Waals surface area contributed by atoms with Crippen LogP contribution in [0, 0.1) is 0 Å². The Bertz CT molecular complexity index is 3930. The average Bonchev–Trinajstić information content (AvgIpc) is 2.08. The summed E-state index contributed by atoms with van der Waals surface area (Å²) in [5.41, 5.74) is 31.0. The Kier molecular flexibility index (Phi) is 10.8. The van der Waals surface area contributed by atoms with Crippen LogP contribution in [0.15, 0.2) is 194 Å². The number of nitrogens with zero attached hydrogens (tertiary/aromatic N) is 4. The van der Waals surface area contributed by atoms with Crippen molar-refractivity contribution >= 4 is 129 Å². The molecule has 0 aliphatic carbocycles. The minimum atomic E-state index is -0.0715. The topological polar surface area (TPSA) is 13.0 Å². The van der Waals surface area contributed by atoms with Crippen molar-refractivity contribution < 1.29 is 0 Å². The van der Waals surface area contributed by atoms with Crippen LogP contribution >= 0.6 is 0 Å². The molecule has 0 atom stereocenters. The number of anilines is 12. The molecular weight excluding hydrogens is 1050 g/mol. The molecule has 15 rings (SSSR count). The van der Waals surface area contributed by atoms with Crippen LogP contribution in [0.4, 0.5) is 68.2 Å². The maximum atomic E-state index is 2.77. The van der Waals surface area contributed by atoms with E-state index in [4.69, 9.17) is 0 Å². The SMILES string of the molecule is CC(C)(C)c1cc(N2c3ccccc3B3c4ccc5c6c4N(c4cccc2c43)c2c(-c3ccccc3)[se]c(-c3ccccc3)c2N6c2cccc3c2B5c2ccccc2N3c2cc(C(C)(C)C)cc(C(C)(C)C)c2)cc(C(C)(C)C)c1. The van der Waals surface area contributed by atoms with Gasteiger partial charge in [0, 0.05) is 0 Å². The van der Waals surface area contributed by atoms with Crippen molar-refractivity contribution in [2.45, 2.75) is 105 Å². The van der Waals surface area contributed by atoms with Gasteiger partial charge in [0.2, 0.25) is 0 Å². The first-order chi connectivity index (χ1) is 38.8. The molecule has 0 N–H and O–H groups in total. The van der Waals surface area contributed by atoms with E-state index in [0.717, 1.165) is 0 Å². The van der Waals surface area contributed by atoms with Crippen LogP contribution in [0.5, 0.6) is 0 Å². The van der Waals surface area contributed by atoms with Crippen LogP contribution in [0.2, 0.25) is 0 Å². The van der Waals surface area contributed by atoms with Gasteiger partial charge in [-0.3, -0.25) is 0 Å². The van der Waals surface area contributed by atoms with E-state index in [2.05, 4.69) is 297 Å². The van der Waals surface area contributed by atoms with Gasteiger partial charge >= 0.3 is 490 Å². The predicted molar refractivity (Wildman–Crippen MR) is 351 cm³/mol. The van der Waals surface area contributed by atoms with Crippen molar-refractivity contribution in [1.82, 2.24) is 0 Å². The fourth-order valence-electron chi connectivity index (χ4n) is 14.0. The van der Waals surface area contributed by atoms with Crippen molar-refractivity contribution in [3.05, 3.63) is 216 Å². The van der Waals surface area contributed by atoms with Crippen LogP contribution in [-0.4, -0.2) is 27.9 Å².